The lowest BCUT2D eigenvalue weighted by Gasteiger charge is -2.12. The van der Waals surface area contributed by atoms with Crippen molar-refractivity contribution in [1.29, 1.82) is 0 Å². The SMILES string of the molecule is NCc1ccnnc1Oc1ccc(OC(F)(F)F)c(Br)c1. The molecular formula is C12H9BrF3N3O2. The molecule has 2 aromatic rings. The fraction of sp³-hybridized carbons (Fsp3) is 0.167. The quantitative estimate of drug-likeness (QED) is 0.901. The Morgan fingerprint density at radius 2 is 2.00 bits per heavy atom. The number of aromatic nitrogens is 2. The molecule has 0 saturated heterocycles. The smallest absolute Gasteiger partial charge is 0.437 e. The Balaban J connectivity index is 2.21. The Hall–Kier alpha value is -1.87. The highest BCUT2D eigenvalue weighted by molar-refractivity contribution is 9.10. The van der Waals surface area contributed by atoms with Crippen molar-refractivity contribution in [2.45, 2.75) is 12.9 Å². The Kier molecular flexibility index (Phi) is 4.63. The number of alkyl halides is 3. The fourth-order valence-electron chi connectivity index (χ4n) is 1.45. The number of hydrogen-bond donors (Lipinski definition) is 1. The Morgan fingerprint density at radius 1 is 1.24 bits per heavy atom. The molecule has 2 N–H and O–H groups in total. The maximum atomic E-state index is 12.2. The number of benzene rings is 1. The second kappa shape index (κ2) is 6.27. The van der Waals surface area contributed by atoms with Gasteiger partial charge in [-0.1, -0.05) is 0 Å². The molecule has 1 heterocycles. The van der Waals surface area contributed by atoms with Crippen LogP contribution < -0.4 is 15.2 Å². The van der Waals surface area contributed by atoms with Crippen molar-refractivity contribution in [3.8, 4) is 17.4 Å². The first-order valence-electron chi connectivity index (χ1n) is 5.63. The zero-order valence-electron chi connectivity index (χ0n) is 10.4. The molecule has 5 nitrogen and oxygen atoms in total. The molecule has 0 atom stereocenters. The maximum Gasteiger partial charge on any atom is 0.573 e. The highest BCUT2D eigenvalue weighted by Gasteiger charge is 2.32. The van der Waals surface area contributed by atoms with Gasteiger partial charge in [-0.25, -0.2) is 0 Å². The summed E-state index contributed by atoms with van der Waals surface area (Å²) in [7, 11) is 0. The molecule has 0 bridgehead atoms. The molecule has 2 rings (SSSR count). The summed E-state index contributed by atoms with van der Waals surface area (Å²) in [5, 5.41) is 7.44. The maximum absolute atomic E-state index is 12.2. The van der Waals surface area contributed by atoms with Gasteiger partial charge in [-0.2, -0.15) is 5.10 Å². The van der Waals surface area contributed by atoms with E-state index >= 15 is 0 Å². The van der Waals surface area contributed by atoms with Crippen LogP contribution in [0.25, 0.3) is 0 Å². The van der Waals surface area contributed by atoms with Crippen LogP contribution in [0.5, 0.6) is 17.4 Å². The van der Waals surface area contributed by atoms with Crippen LogP contribution in [0.2, 0.25) is 0 Å². The molecule has 0 amide bonds. The largest absolute Gasteiger partial charge is 0.573 e. The lowest BCUT2D eigenvalue weighted by atomic mass is 10.3. The number of nitrogens with zero attached hydrogens (tertiary/aromatic N) is 2. The molecule has 0 fully saturated rings. The predicted octanol–water partition coefficient (Wildman–Crippen LogP) is 3.39. The molecular weight excluding hydrogens is 355 g/mol. The monoisotopic (exact) mass is 363 g/mol. The van der Waals surface area contributed by atoms with E-state index in [0.29, 0.717) is 5.56 Å². The van der Waals surface area contributed by atoms with E-state index in [0.717, 1.165) is 6.07 Å². The van der Waals surface area contributed by atoms with E-state index in [1.165, 1.54) is 18.3 Å². The minimum atomic E-state index is -4.76. The molecule has 0 radical (unpaired) electrons. The molecule has 1 aromatic heterocycles. The summed E-state index contributed by atoms with van der Waals surface area (Å²) in [4.78, 5) is 0. The first kappa shape index (κ1) is 15.5. The van der Waals surface area contributed by atoms with Gasteiger partial charge in [0.15, 0.2) is 0 Å². The standard InChI is InChI=1S/C12H9BrF3N3O2/c13-9-5-8(1-2-10(9)21-12(14,15)16)20-11-7(6-17)3-4-18-19-11/h1-5H,6,17H2. The molecule has 0 aliphatic carbocycles. The highest BCUT2D eigenvalue weighted by atomic mass is 79.9. The summed E-state index contributed by atoms with van der Waals surface area (Å²) in [5.41, 5.74) is 6.15. The van der Waals surface area contributed by atoms with Gasteiger partial charge in [-0.05, 0) is 40.2 Å². The lowest BCUT2D eigenvalue weighted by molar-refractivity contribution is -0.274. The summed E-state index contributed by atoms with van der Waals surface area (Å²) in [6, 6.07) is 5.42. The minimum Gasteiger partial charge on any atom is -0.437 e. The van der Waals surface area contributed by atoms with Gasteiger partial charge < -0.3 is 15.2 Å². The Labute approximate surface area is 126 Å². The van der Waals surface area contributed by atoms with Crippen LogP contribution in [-0.2, 0) is 6.54 Å². The van der Waals surface area contributed by atoms with E-state index < -0.39 is 6.36 Å². The van der Waals surface area contributed by atoms with Crippen molar-refractivity contribution in [3.05, 3.63) is 40.5 Å². The molecule has 1 aromatic carbocycles. The van der Waals surface area contributed by atoms with Gasteiger partial charge >= 0.3 is 6.36 Å². The van der Waals surface area contributed by atoms with Crippen LogP contribution in [0, 0.1) is 0 Å². The second-order valence-corrected chi connectivity index (χ2v) is 4.66. The van der Waals surface area contributed by atoms with Gasteiger partial charge in [-0.15, -0.1) is 18.3 Å². The van der Waals surface area contributed by atoms with Crippen molar-refractivity contribution in [2.24, 2.45) is 5.73 Å². The molecule has 0 saturated carbocycles. The zero-order valence-corrected chi connectivity index (χ0v) is 12.0. The van der Waals surface area contributed by atoms with Crippen LogP contribution in [0.15, 0.2) is 34.9 Å². The highest BCUT2D eigenvalue weighted by Crippen LogP contribution is 2.34. The van der Waals surface area contributed by atoms with Gasteiger partial charge in [0.05, 0.1) is 10.7 Å². The third-order valence-electron chi connectivity index (χ3n) is 2.33. The summed E-state index contributed by atoms with van der Waals surface area (Å²) in [5.74, 6) is 0.0935. The predicted molar refractivity (Wildman–Crippen MR) is 70.8 cm³/mol. The van der Waals surface area contributed by atoms with Gasteiger partial charge in [0, 0.05) is 12.1 Å². The van der Waals surface area contributed by atoms with Crippen LogP contribution in [0.3, 0.4) is 0 Å². The Bertz CT molecular complexity index is 637. The van der Waals surface area contributed by atoms with Gasteiger partial charge in [0.1, 0.15) is 11.5 Å². The molecule has 0 unspecified atom stereocenters. The second-order valence-electron chi connectivity index (χ2n) is 3.81. The summed E-state index contributed by atoms with van der Waals surface area (Å²) in [6.45, 7) is 0.196. The Morgan fingerprint density at radius 3 is 2.62 bits per heavy atom. The lowest BCUT2D eigenvalue weighted by Crippen LogP contribution is -2.17. The number of halogens is 4. The van der Waals surface area contributed by atoms with Gasteiger partial charge in [-0.3, -0.25) is 0 Å². The van der Waals surface area contributed by atoms with Crippen molar-refractivity contribution >= 4 is 15.9 Å². The van der Waals surface area contributed by atoms with E-state index in [1.807, 2.05) is 0 Å². The minimum absolute atomic E-state index is 0.0931. The summed E-state index contributed by atoms with van der Waals surface area (Å²) >= 11 is 2.98. The van der Waals surface area contributed by atoms with Crippen molar-refractivity contribution in [3.63, 3.8) is 0 Å². The summed E-state index contributed by atoms with van der Waals surface area (Å²) in [6.07, 6.45) is -3.30. The number of ether oxygens (including phenoxy) is 2. The topological polar surface area (TPSA) is 70.3 Å². The van der Waals surface area contributed by atoms with E-state index in [1.54, 1.807) is 6.07 Å². The third kappa shape index (κ3) is 4.30. The average Bonchev–Trinajstić information content (AvgIpc) is 2.41. The van der Waals surface area contributed by atoms with E-state index in [2.05, 4.69) is 30.9 Å². The molecule has 21 heavy (non-hydrogen) atoms. The number of hydrogen-bond acceptors (Lipinski definition) is 5. The molecule has 9 heteroatoms. The molecule has 112 valence electrons. The van der Waals surface area contributed by atoms with Gasteiger partial charge in [0.25, 0.3) is 0 Å². The molecule has 0 spiro atoms. The van der Waals surface area contributed by atoms with Crippen molar-refractivity contribution < 1.29 is 22.6 Å². The van der Waals surface area contributed by atoms with E-state index in [4.69, 9.17) is 10.5 Å². The number of rotatable bonds is 4. The van der Waals surface area contributed by atoms with Crippen molar-refractivity contribution in [2.75, 3.05) is 0 Å². The van der Waals surface area contributed by atoms with Crippen LogP contribution in [-0.4, -0.2) is 16.6 Å². The number of nitrogens with two attached hydrogens (primary N) is 1. The van der Waals surface area contributed by atoms with Crippen LogP contribution in [0.4, 0.5) is 13.2 Å². The summed E-state index contributed by atoms with van der Waals surface area (Å²) < 4.78 is 45.9. The van der Waals surface area contributed by atoms with Gasteiger partial charge in [0.2, 0.25) is 5.88 Å². The molecule has 0 aliphatic rings. The normalized spacial score (nSPS) is 11.3. The van der Waals surface area contributed by atoms with Crippen molar-refractivity contribution in [1.82, 2.24) is 10.2 Å². The molecule has 0 aliphatic heterocycles. The van der Waals surface area contributed by atoms with Crippen LogP contribution in [0.1, 0.15) is 5.56 Å². The van der Waals surface area contributed by atoms with E-state index in [-0.39, 0.29) is 28.4 Å². The average molecular weight is 364 g/mol. The zero-order chi connectivity index (χ0) is 15.5. The fourth-order valence-corrected chi connectivity index (χ4v) is 1.89. The third-order valence-corrected chi connectivity index (χ3v) is 2.95. The first-order valence-corrected chi connectivity index (χ1v) is 6.42. The van der Waals surface area contributed by atoms with Crippen LogP contribution >= 0.6 is 15.9 Å². The van der Waals surface area contributed by atoms with E-state index in [9.17, 15) is 13.2 Å². The first-order chi connectivity index (χ1) is 9.89.